The molecule has 6 heteroatoms. The second-order valence-corrected chi connectivity index (χ2v) is 7.91. The van der Waals surface area contributed by atoms with Crippen LogP contribution in [-0.2, 0) is 9.59 Å². The lowest BCUT2D eigenvalue weighted by Gasteiger charge is -2.26. The van der Waals surface area contributed by atoms with Gasteiger partial charge in [-0.25, -0.2) is 0 Å². The van der Waals surface area contributed by atoms with E-state index in [4.69, 9.17) is 4.74 Å². The summed E-state index contributed by atoms with van der Waals surface area (Å²) >= 11 is 0. The van der Waals surface area contributed by atoms with Crippen molar-refractivity contribution < 1.29 is 14.3 Å². The molecule has 0 saturated heterocycles. The molecule has 0 atom stereocenters. The molecule has 1 heterocycles. The number of nitrogens with one attached hydrogen (secondary N) is 2. The zero-order valence-corrected chi connectivity index (χ0v) is 18.2. The summed E-state index contributed by atoms with van der Waals surface area (Å²) in [5, 5.41) is 5.55. The standard InChI is InChI=1S/C24H31N3O3/c1-16-14-19(17(2)27(16)21-8-6-5-7-9-21)10-13-24(29)26-22-15-20(25-18(3)28)11-12-23(22)30-4/h10-15,21H,5-9H2,1-4H3,(H,25,28)(H,26,29)/b13-10+. The molecule has 0 bridgehead atoms. The Morgan fingerprint density at radius 2 is 1.83 bits per heavy atom. The van der Waals surface area contributed by atoms with Gasteiger partial charge >= 0.3 is 0 Å². The second-order valence-electron chi connectivity index (χ2n) is 7.91. The molecule has 0 aliphatic heterocycles. The number of carbonyl (C=O) groups excluding carboxylic acids is 2. The van der Waals surface area contributed by atoms with Crippen molar-refractivity contribution in [2.45, 2.75) is 58.9 Å². The molecule has 2 aromatic rings. The Balaban J connectivity index is 1.74. The molecule has 1 aliphatic carbocycles. The van der Waals surface area contributed by atoms with Crippen LogP contribution in [0.15, 0.2) is 30.3 Å². The lowest BCUT2D eigenvalue weighted by atomic mass is 9.95. The molecule has 1 aromatic heterocycles. The maximum absolute atomic E-state index is 12.5. The Morgan fingerprint density at radius 1 is 1.10 bits per heavy atom. The van der Waals surface area contributed by atoms with Crippen LogP contribution in [0, 0.1) is 13.8 Å². The minimum atomic E-state index is -0.254. The van der Waals surface area contributed by atoms with E-state index in [1.54, 1.807) is 25.3 Å². The van der Waals surface area contributed by atoms with Gasteiger partial charge in [0.2, 0.25) is 11.8 Å². The first-order chi connectivity index (χ1) is 14.4. The molecule has 1 saturated carbocycles. The van der Waals surface area contributed by atoms with Crippen molar-refractivity contribution in [2.75, 3.05) is 17.7 Å². The Bertz CT molecular complexity index is 953. The quantitative estimate of drug-likeness (QED) is 0.642. The number of aryl methyl sites for hydroxylation is 1. The van der Waals surface area contributed by atoms with Gasteiger partial charge in [0.05, 0.1) is 12.8 Å². The second kappa shape index (κ2) is 9.65. The summed E-state index contributed by atoms with van der Waals surface area (Å²) in [6, 6.07) is 7.83. The van der Waals surface area contributed by atoms with Gasteiger partial charge in [-0.3, -0.25) is 9.59 Å². The molecule has 1 aromatic carbocycles. The number of rotatable bonds is 6. The first-order valence-corrected chi connectivity index (χ1v) is 10.5. The summed E-state index contributed by atoms with van der Waals surface area (Å²) in [5.41, 5.74) is 4.61. The van der Waals surface area contributed by atoms with E-state index in [1.165, 1.54) is 56.5 Å². The molecule has 160 valence electrons. The fourth-order valence-electron chi connectivity index (χ4n) is 4.30. The Morgan fingerprint density at radius 3 is 2.50 bits per heavy atom. The van der Waals surface area contributed by atoms with Crippen LogP contribution < -0.4 is 15.4 Å². The highest BCUT2D eigenvalue weighted by molar-refractivity contribution is 6.03. The van der Waals surface area contributed by atoms with Gasteiger partial charge < -0.3 is 19.9 Å². The number of ether oxygens (including phenoxy) is 1. The minimum Gasteiger partial charge on any atom is -0.495 e. The van der Waals surface area contributed by atoms with Gasteiger partial charge in [0.25, 0.3) is 0 Å². The largest absolute Gasteiger partial charge is 0.495 e. The van der Waals surface area contributed by atoms with E-state index >= 15 is 0 Å². The lowest BCUT2D eigenvalue weighted by molar-refractivity contribution is -0.114. The number of amides is 2. The molecule has 0 radical (unpaired) electrons. The van der Waals surface area contributed by atoms with Crippen LogP contribution >= 0.6 is 0 Å². The number of benzene rings is 1. The molecule has 2 N–H and O–H groups in total. The van der Waals surface area contributed by atoms with Crippen molar-refractivity contribution in [2.24, 2.45) is 0 Å². The first kappa shape index (κ1) is 21.7. The average molecular weight is 410 g/mol. The molecule has 2 amide bonds. The van der Waals surface area contributed by atoms with Gasteiger partial charge in [0.15, 0.2) is 0 Å². The molecule has 0 unspecified atom stereocenters. The monoisotopic (exact) mass is 409 g/mol. The SMILES string of the molecule is COc1ccc(NC(C)=O)cc1NC(=O)/C=C/c1cc(C)n(C2CCCCC2)c1C. The van der Waals surface area contributed by atoms with Crippen molar-refractivity contribution in [3.05, 3.63) is 47.3 Å². The summed E-state index contributed by atoms with van der Waals surface area (Å²) in [6.07, 6.45) is 9.76. The zero-order chi connectivity index (χ0) is 21.7. The molecular formula is C24H31N3O3. The van der Waals surface area contributed by atoms with E-state index in [9.17, 15) is 9.59 Å². The smallest absolute Gasteiger partial charge is 0.248 e. The molecule has 0 spiro atoms. The molecule has 1 aliphatic rings. The van der Waals surface area contributed by atoms with E-state index in [0.29, 0.717) is 23.2 Å². The third-order valence-electron chi connectivity index (χ3n) is 5.66. The predicted molar refractivity (Wildman–Crippen MR) is 121 cm³/mol. The zero-order valence-electron chi connectivity index (χ0n) is 18.2. The highest BCUT2D eigenvalue weighted by Gasteiger charge is 2.19. The molecule has 3 rings (SSSR count). The van der Waals surface area contributed by atoms with Crippen LogP contribution in [0.25, 0.3) is 6.08 Å². The Kier molecular flexibility index (Phi) is 6.98. The van der Waals surface area contributed by atoms with E-state index < -0.39 is 0 Å². The summed E-state index contributed by atoms with van der Waals surface area (Å²) in [5.74, 6) is 0.0998. The van der Waals surface area contributed by atoms with E-state index in [0.717, 1.165) is 5.56 Å². The topological polar surface area (TPSA) is 72.4 Å². The van der Waals surface area contributed by atoms with Crippen molar-refractivity contribution >= 4 is 29.3 Å². The number of hydrogen-bond acceptors (Lipinski definition) is 3. The number of nitrogens with zero attached hydrogens (tertiary/aromatic N) is 1. The molecule has 1 fully saturated rings. The highest BCUT2D eigenvalue weighted by atomic mass is 16.5. The van der Waals surface area contributed by atoms with Crippen LogP contribution in [-0.4, -0.2) is 23.5 Å². The Hall–Kier alpha value is -3.02. The third-order valence-corrected chi connectivity index (χ3v) is 5.66. The fourth-order valence-corrected chi connectivity index (χ4v) is 4.30. The van der Waals surface area contributed by atoms with E-state index in [2.05, 4.69) is 35.1 Å². The maximum Gasteiger partial charge on any atom is 0.248 e. The van der Waals surface area contributed by atoms with E-state index in [-0.39, 0.29) is 11.8 Å². The van der Waals surface area contributed by atoms with Crippen LogP contribution in [0.4, 0.5) is 11.4 Å². The maximum atomic E-state index is 12.5. The van der Waals surface area contributed by atoms with Gasteiger partial charge in [-0.15, -0.1) is 0 Å². The summed E-state index contributed by atoms with van der Waals surface area (Å²) in [7, 11) is 1.54. The molecule has 6 nitrogen and oxygen atoms in total. The van der Waals surface area contributed by atoms with Gasteiger partial charge in [0, 0.05) is 36.1 Å². The summed E-state index contributed by atoms with van der Waals surface area (Å²) < 4.78 is 7.75. The van der Waals surface area contributed by atoms with Gasteiger partial charge in [0.1, 0.15) is 5.75 Å². The van der Waals surface area contributed by atoms with Crippen molar-refractivity contribution in [1.29, 1.82) is 0 Å². The fraction of sp³-hybridized carbons (Fsp3) is 0.417. The normalized spacial score (nSPS) is 14.7. The number of hydrogen-bond donors (Lipinski definition) is 2. The van der Waals surface area contributed by atoms with Gasteiger partial charge in [-0.1, -0.05) is 19.3 Å². The van der Waals surface area contributed by atoms with Crippen LogP contribution in [0.5, 0.6) is 5.75 Å². The van der Waals surface area contributed by atoms with Crippen molar-refractivity contribution in [3.63, 3.8) is 0 Å². The van der Waals surface area contributed by atoms with E-state index in [1.807, 2.05) is 6.08 Å². The summed E-state index contributed by atoms with van der Waals surface area (Å²) in [4.78, 5) is 23.8. The van der Waals surface area contributed by atoms with Crippen molar-refractivity contribution in [3.8, 4) is 5.75 Å². The lowest BCUT2D eigenvalue weighted by Crippen LogP contribution is -2.15. The van der Waals surface area contributed by atoms with Gasteiger partial charge in [-0.2, -0.15) is 0 Å². The van der Waals surface area contributed by atoms with Crippen LogP contribution in [0.1, 0.15) is 62.0 Å². The average Bonchev–Trinajstić information content (AvgIpc) is 3.00. The molecular weight excluding hydrogens is 378 g/mol. The minimum absolute atomic E-state index is 0.175. The predicted octanol–water partition coefficient (Wildman–Crippen LogP) is 5.23. The van der Waals surface area contributed by atoms with Crippen molar-refractivity contribution in [1.82, 2.24) is 4.57 Å². The Labute approximate surface area is 178 Å². The summed E-state index contributed by atoms with van der Waals surface area (Å²) in [6.45, 7) is 5.70. The van der Waals surface area contributed by atoms with Gasteiger partial charge in [-0.05, 0) is 62.6 Å². The molecule has 30 heavy (non-hydrogen) atoms. The number of anilines is 2. The number of carbonyl (C=O) groups is 2. The highest BCUT2D eigenvalue weighted by Crippen LogP contribution is 2.32. The van der Waals surface area contributed by atoms with Crippen LogP contribution in [0.3, 0.4) is 0 Å². The first-order valence-electron chi connectivity index (χ1n) is 10.5. The number of aromatic nitrogens is 1. The number of methoxy groups -OCH3 is 1. The van der Waals surface area contributed by atoms with Crippen LogP contribution in [0.2, 0.25) is 0 Å². The third kappa shape index (κ3) is 5.12.